The van der Waals surface area contributed by atoms with Gasteiger partial charge in [0.2, 0.25) is 0 Å². The van der Waals surface area contributed by atoms with Crippen LogP contribution in [0.1, 0.15) is 12.5 Å². The third-order valence-electron chi connectivity index (χ3n) is 2.92. The van der Waals surface area contributed by atoms with Crippen LogP contribution in [0.3, 0.4) is 0 Å². The third-order valence-corrected chi connectivity index (χ3v) is 3.53. The molecule has 19 heavy (non-hydrogen) atoms. The molecule has 0 aromatic heterocycles. The molecule has 0 aliphatic rings. The van der Waals surface area contributed by atoms with Crippen molar-refractivity contribution in [1.29, 1.82) is 0 Å². The highest BCUT2D eigenvalue weighted by Gasteiger charge is 2.13. The molecule has 1 unspecified atom stereocenters. The van der Waals surface area contributed by atoms with E-state index in [2.05, 4.69) is 21.2 Å². The molecule has 1 aromatic rings. The number of hydrogen-bond acceptors (Lipinski definition) is 2. The monoisotopic (exact) mass is 332 g/mol. The van der Waals surface area contributed by atoms with Crippen molar-refractivity contribution in [2.24, 2.45) is 0 Å². The zero-order valence-electron chi connectivity index (χ0n) is 11.0. The van der Waals surface area contributed by atoms with Gasteiger partial charge in [0.05, 0.1) is 17.1 Å². The fourth-order valence-electron chi connectivity index (χ4n) is 1.46. The van der Waals surface area contributed by atoms with Gasteiger partial charge in [-0.25, -0.2) is 9.18 Å². The Kier molecular flexibility index (Phi) is 6.24. The van der Waals surface area contributed by atoms with E-state index in [9.17, 15) is 9.18 Å². The van der Waals surface area contributed by atoms with Gasteiger partial charge in [-0.15, -0.1) is 0 Å². The summed E-state index contributed by atoms with van der Waals surface area (Å²) in [6.07, 6.45) is 0.617. The number of amides is 2. The molecule has 0 bridgehead atoms. The molecule has 0 saturated carbocycles. The molecule has 1 rings (SSSR count). The van der Waals surface area contributed by atoms with Crippen LogP contribution in [0.25, 0.3) is 0 Å². The molecule has 0 saturated heterocycles. The molecule has 0 fully saturated rings. The van der Waals surface area contributed by atoms with E-state index in [1.54, 1.807) is 26.1 Å². The zero-order valence-corrected chi connectivity index (χ0v) is 12.6. The number of halogens is 2. The maximum Gasteiger partial charge on any atom is 0.317 e. The summed E-state index contributed by atoms with van der Waals surface area (Å²) in [7, 11) is 1.63. The quantitative estimate of drug-likeness (QED) is 0.868. The minimum absolute atomic E-state index is 0.0746. The summed E-state index contributed by atoms with van der Waals surface area (Å²) >= 11 is 3.12. The minimum Gasteiger partial charge on any atom is -0.394 e. The van der Waals surface area contributed by atoms with Gasteiger partial charge in [0.15, 0.2) is 0 Å². The van der Waals surface area contributed by atoms with Crippen molar-refractivity contribution in [3.63, 3.8) is 0 Å². The summed E-state index contributed by atoms with van der Waals surface area (Å²) in [4.78, 5) is 13.1. The Hall–Kier alpha value is -1.14. The lowest BCUT2D eigenvalue weighted by molar-refractivity contribution is 0.157. The van der Waals surface area contributed by atoms with E-state index in [1.807, 2.05) is 0 Å². The number of rotatable bonds is 5. The van der Waals surface area contributed by atoms with Gasteiger partial charge >= 0.3 is 6.03 Å². The number of benzene rings is 1. The lowest BCUT2D eigenvalue weighted by Gasteiger charge is -2.23. The maximum atomic E-state index is 13.0. The summed E-state index contributed by atoms with van der Waals surface area (Å²) in [6, 6.07) is 4.32. The number of aliphatic hydroxyl groups excluding tert-OH is 1. The highest BCUT2D eigenvalue weighted by molar-refractivity contribution is 9.10. The molecule has 0 aliphatic heterocycles. The number of nitrogens with one attached hydrogen (secondary N) is 1. The average molecular weight is 333 g/mol. The Morgan fingerprint density at radius 1 is 1.58 bits per heavy atom. The second kappa shape index (κ2) is 7.45. The fourth-order valence-corrected chi connectivity index (χ4v) is 1.88. The topological polar surface area (TPSA) is 52.6 Å². The smallest absolute Gasteiger partial charge is 0.317 e. The van der Waals surface area contributed by atoms with Crippen molar-refractivity contribution in [2.45, 2.75) is 19.4 Å². The number of nitrogens with zero attached hydrogens (tertiary/aromatic N) is 1. The number of likely N-dealkylation sites (N-methyl/N-ethyl adjacent to an activating group) is 1. The molecule has 1 aromatic carbocycles. The summed E-state index contributed by atoms with van der Waals surface area (Å²) in [5.74, 6) is -0.302. The van der Waals surface area contributed by atoms with Crippen LogP contribution in [0.5, 0.6) is 0 Å². The molecular weight excluding hydrogens is 315 g/mol. The highest BCUT2D eigenvalue weighted by Crippen LogP contribution is 2.16. The molecule has 6 heteroatoms. The van der Waals surface area contributed by atoms with Gasteiger partial charge in [0, 0.05) is 13.6 Å². The predicted octanol–water partition coefficient (Wildman–Crippen LogP) is 2.15. The van der Waals surface area contributed by atoms with E-state index in [0.717, 1.165) is 5.56 Å². The van der Waals surface area contributed by atoms with Gasteiger partial charge < -0.3 is 15.3 Å². The summed E-state index contributed by atoms with van der Waals surface area (Å²) < 4.78 is 13.5. The van der Waals surface area contributed by atoms with Gasteiger partial charge in [-0.3, -0.25) is 0 Å². The van der Waals surface area contributed by atoms with Crippen LogP contribution >= 0.6 is 15.9 Å². The number of carbonyl (C=O) groups is 1. The van der Waals surface area contributed by atoms with Crippen LogP contribution in [-0.4, -0.2) is 42.3 Å². The van der Waals surface area contributed by atoms with Gasteiger partial charge in [-0.1, -0.05) is 6.07 Å². The molecular formula is C13H18BrFN2O2. The number of carbonyl (C=O) groups excluding carboxylic acids is 1. The van der Waals surface area contributed by atoms with Crippen LogP contribution in [0.2, 0.25) is 0 Å². The van der Waals surface area contributed by atoms with E-state index in [1.165, 1.54) is 11.0 Å². The van der Waals surface area contributed by atoms with Gasteiger partial charge in [-0.05, 0) is 47.0 Å². The van der Waals surface area contributed by atoms with Gasteiger partial charge in [0.25, 0.3) is 0 Å². The number of hydrogen-bond donors (Lipinski definition) is 2. The molecule has 2 amide bonds. The molecule has 4 nitrogen and oxygen atoms in total. The molecule has 0 radical (unpaired) electrons. The first-order chi connectivity index (χ1) is 8.95. The SMILES string of the molecule is CC(CO)N(C)C(=O)NCCc1ccc(F)c(Br)c1. The van der Waals surface area contributed by atoms with E-state index < -0.39 is 0 Å². The second-order valence-electron chi connectivity index (χ2n) is 4.37. The standard InChI is InChI=1S/C13H18BrFN2O2/c1-9(8-18)17(2)13(19)16-6-5-10-3-4-12(15)11(14)7-10/h3-4,7,9,18H,5-6,8H2,1-2H3,(H,16,19). The Labute approximate surface area is 120 Å². The van der Waals surface area contributed by atoms with Crippen LogP contribution in [0, 0.1) is 5.82 Å². The fraction of sp³-hybridized carbons (Fsp3) is 0.462. The summed E-state index contributed by atoms with van der Waals surface area (Å²) in [5, 5.41) is 11.7. The second-order valence-corrected chi connectivity index (χ2v) is 5.23. The Balaban J connectivity index is 2.41. The van der Waals surface area contributed by atoms with Crippen molar-refractivity contribution >= 4 is 22.0 Å². The highest BCUT2D eigenvalue weighted by atomic mass is 79.9. The summed E-state index contributed by atoms with van der Waals surface area (Å²) in [5.41, 5.74) is 0.937. The Morgan fingerprint density at radius 3 is 2.84 bits per heavy atom. The van der Waals surface area contributed by atoms with E-state index in [-0.39, 0.29) is 24.5 Å². The predicted molar refractivity (Wildman–Crippen MR) is 75.5 cm³/mol. The third kappa shape index (κ3) is 4.80. The van der Waals surface area contributed by atoms with Crippen molar-refractivity contribution in [1.82, 2.24) is 10.2 Å². The van der Waals surface area contributed by atoms with Crippen LogP contribution < -0.4 is 5.32 Å². The van der Waals surface area contributed by atoms with E-state index in [4.69, 9.17) is 5.11 Å². The first-order valence-electron chi connectivity index (χ1n) is 6.01. The van der Waals surface area contributed by atoms with Crippen molar-refractivity contribution in [3.05, 3.63) is 34.1 Å². The normalized spacial score (nSPS) is 12.1. The average Bonchev–Trinajstić information content (AvgIpc) is 2.40. The molecule has 0 spiro atoms. The largest absolute Gasteiger partial charge is 0.394 e. The molecule has 1 atom stereocenters. The Bertz CT molecular complexity index is 443. The number of aliphatic hydroxyl groups is 1. The number of urea groups is 1. The van der Waals surface area contributed by atoms with E-state index in [0.29, 0.717) is 17.4 Å². The molecule has 106 valence electrons. The Morgan fingerprint density at radius 2 is 2.26 bits per heavy atom. The van der Waals surface area contributed by atoms with Gasteiger partial charge in [-0.2, -0.15) is 0 Å². The zero-order chi connectivity index (χ0) is 14.4. The van der Waals surface area contributed by atoms with E-state index >= 15 is 0 Å². The van der Waals surface area contributed by atoms with Crippen molar-refractivity contribution < 1.29 is 14.3 Å². The molecule has 0 aliphatic carbocycles. The lowest BCUT2D eigenvalue weighted by Crippen LogP contribution is -2.44. The maximum absolute atomic E-state index is 13.0. The molecule has 0 heterocycles. The first kappa shape index (κ1) is 15.9. The lowest BCUT2D eigenvalue weighted by atomic mass is 10.1. The van der Waals surface area contributed by atoms with Crippen LogP contribution in [0.15, 0.2) is 22.7 Å². The molecule has 2 N–H and O–H groups in total. The first-order valence-corrected chi connectivity index (χ1v) is 6.80. The van der Waals surface area contributed by atoms with Gasteiger partial charge in [0.1, 0.15) is 5.82 Å². The minimum atomic E-state index is -0.302. The van der Waals surface area contributed by atoms with Crippen LogP contribution in [0.4, 0.5) is 9.18 Å². The van der Waals surface area contributed by atoms with Crippen molar-refractivity contribution in [2.75, 3.05) is 20.2 Å². The van der Waals surface area contributed by atoms with Crippen molar-refractivity contribution in [3.8, 4) is 0 Å². The van der Waals surface area contributed by atoms with Crippen LogP contribution in [-0.2, 0) is 6.42 Å². The summed E-state index contributed by atoms with van der Waals surface area (Å²) in [6.45, 7) is 2.14.